The Hall–Kier alpha value is -0.120. The Bertz CT molecular complexity index is 168. The van der Waals surface area contributed by atoms with Crippen molar-refractivity contribution in [2.24, 2.45) is 0 Å². The molecule has 3 heteroatoms. The number of hydrogen-bond donors (Lipinski definition) is 1. The molecule has 0 aromatic carbocycles. The molecule has 12 heavy (non-hydrogen) atoms. The summed E-state index contributed by atoms with van der Waals surface area (Å²) < 4.78 is 5.20. The third-order valence-electron chi connectivity index (χ3n) is 2.79. The van der Waals surface area contributed by atoms with Gasteiger partial charge in [-0.2, -0.15) is 0 Å². The van der Waals surface area contributed by atoms with E-state index in [0.29, 0.717) is 6.04 Å². The van der Waals surface area contributed by atoms with Crippen molar-refractivity contribution >= 4 is 0 Å². The topological polar surface area (TPSA) is 24.5 Å². The van der Waals surface area contributed by atoms with Gasteiger partial charge in [-0.3, -0.25) is 0 Å². The van der Waals surface area contributed by atoms with Crippen molar-refractivity contribution in [2.45, 2.75) is 24.9 Å². The lowest BCUT2D eigenvalue weighted by molar-refractivity contribution is -0.0687. The van der Waals surface area contributed by atoms with Crippen LogP contribution in [0.15, 0.2) is 0 Å². The van der Waals surface area contributed by atoms with E-state index in [1.54, 1.807) is 0 Å². The molecule has 0 amide bonds. The van der Waals surface area contributed by atoms with Crippen molar-refractivity contribution in [1.29, 1.82) is 0 Å². The lowest BCUT2D eigenvalue weighted by Crippen LogP contribution is -2.61. The van der Waals surface area contributed by atoms with Crippen molar-refractivity contribution < 1.29 is 4.74 Å². The van der Waals surface area contributed by atoms with Crippen LogP contribution in [0.1, 0.15) is 13.3 Å². The molecule has 70 valence electrons. The molecule has 0 aromatic rings. The van der Waals surface area contributed by atoms with Gasteiger partial charge >= 0.3 is 0 Å². The van der Waals surface area contributed by atoms with E-state index in [4.69, 9.17) is 4.74 Å². The molecule has 0 radical (unpaired) electrons. The number of ether oxygens (including phenoxy) is 1. The van der Waals surface area contributed by atoms with Gasteiger partial charge in [0.25, 0.3) is 0 Å². The molecular weight excluding hydrogens is 152 g/mol. The second kappa shape index (κ2) is 2.98. The molecule has 2 heterocycles. The average Bonchev–Trinajstić information content (AvgIpc) is 2.32. The summed E-state index contributed by atoms with van der Waals surface area (Å²) in [5.41, 5.74) is 0.274. The van der Waals surface area contributed by atoms with Gasteiger partial charge in [0, 0.05) is 12.6 Å². The summed E-state index contributed by atoms with van der Waals surface area (Å²) in [6.45, 7) is 6.43. The van der Waals surface area contributed by atoms with Crippen LogP contribution < -0.4 is 5.32 Å². The zero-order valence-corrected chi connectivity index (χ0v) is 7.97. The van der Waals surface area contributed by atoms with E-state index in [2.05, 4.69) is 24.2 Å². The molecule has 0 saturated carbocycles. The maximum Gasteiger partial charge on any atom is 0.0669 e. The van der Waals surface area contributed by atoms with Gasteiger partial charge in [0.1, 0.15) is 0 Å². The zero-order valence-electron chi connectivity index (χ0n) is 7.97. The van der Waals surface area contributed by atoms with E-state index >= 15 is 0 Å². The average molecular weight is 170 g/mol. The Morgan fingerprint density at radius 2 is 2.25 bits per heavy atom. The molecule has 0 spiro atoms. The van der Waals surface area contributed by atoms with E-state index in [0.717, 1.165) is 13.2 Å². The van der Waals surface area contributed by atoms with Gasteiger partial charge in [-0.15, -0.1) is 0 Å². The summed E-state index contributed by atoms with van der Waals surface area (Å²) in [4.78, 5) is 2.38. The second-order valence-corrected chi connectivity index (χ2v) is 4.45. The summed E-state index contributed by atoms with van der Waals surface area (Å²) >= 11 is 0. The van der Waals surface area contributed by atoms with Crippen LogP contribution in [0.2, 0.25) is 0 Å². The number of hydrogen-bond acceptors (Lipinski definition) is 3. The maximum atomic E-state index is 5.20. The Labute approximate surface area is 74.1 Å². The molecule has 0 aromatic heterocycles. The lowest BCUT2D eigenvalue weighted by atomic mass is 9.99. The first-order valence-corrected chi connectivity index (χ1v) is 4.72. The van der Waals surface area contributed by atoms with E-state index < -0.39 is 0 Å². The van der Waals surface area contributed by atoms with Gasteiger partial charge in [-0.1, -0.05) is 0 Å². The van der Waals surface area contributed by atoms with Crippen LogP contribution in [0, 0.1) is 0 Å². The molecule has 0 bridgehead atoms. The normalized spacial score (nSPS) is 35.0. The Morgan fingerprint density at radius 3 is 2.67 bits per heavy atom. The maximum absolute atomic E-state index is 5.20. The van der Waals surface area contributed by atoms with Crippen molar-refractivity contribution in [2.75, 3.05) is 33.4 Å². The lowest BCUT2D eigenvalue weighted by Gasteiger charge is -2.41. The molecule has 0 aliphatic carbocycles. The van der Waals surface area contributed by atoms with Gasteiger partial charge in [-0.05, 0) is 26.9 Å². The van der Waals surface area contributed by atoms with Gasteiger partial charge in [0.15, 0.2) is 0 Å². The van der Waals surface area contributed by atoms with Crippen molar-refractivity contribution in [3.05, 3.63) is 0 Å². The van der Waals surface area contributed by atoms with Gasteiger partial charge in [0.2, 0.25) is 0 Å². The number of likely N-dealkylation sites (tertiary alicyclic amines) is 1. The Kier molecular flexibility index (Phi) is 2.10. The Morgan fingerprint density at radius 1 is 1.50 bits per heavy atom. The molecule has 2 fully saturated rings. The van der Waals surface area contributed by atoms with Gasteiger partial charge < -0.3 is 15.0 Å². The number of rotatable bonds is 2. The Balaban J connectivity index is 1.79. The predicted molar refractivity (Wildman–Crippen MR) is 48.3 cm³/mol. The molecular formula is C9H18N2O. The summed E-state index contributed by atoms with van der Waals surface area (Å²) in [5.74, 6) is 0. The van der Waals surface area contributed by atoms with E-state index in [9.17, 15) is 0 Å². The third-order valence-corrected chi connectivity index (χ3v) is 2.79. The van der Waals surface area contributed by atoms with E-state index in [1.807, 2.05) is 0 Å². The molecule has 3 nitrogen and oxygen atoms in total. The molecule has 0 unspecified atom stereocenters. The summed E-state index contributed by atoms with van der Waals surface area (Å²) in [6, 6.07) is 0.684. The highest BCUT2D eigenvalue weighted by atomic mass is 16.5. The van der Waals surface area contributed by atoms with Crippen LogP contribution in [0.4, 0.5) is 0 Å². The van der Waals surface area contributed by atoms with Gasteiger partial charge in [0.05, 0.1) is 18.8 Å². The molecule has 2 saturated heterocycles. The SMILES string of the molecule is CN1CC[C@@H](NC2(C)COC2)C1. The largest absolute Gasteiger partial charge is 0.377 e. The minimum atomic E-state index is 0.274. The van der Waals surface area contributed by atoms with Crippen LogP contribution in [0.25, 0.3) is 0 Å². The van der Waals surface area contributed by atoms with Crippen LogP contribution in [0.3, 0.4) is 0 Å². The fourth-order valence-corrected chi connectivity index (χ4v) is 2.04. The summed E-state index contributed by atoms with van der Waals surface area (Å²) in [5, 5.41) is 3.66. The van der Waals surface area contributed by atoms with Crippen molar-refractivity contribution in [3.8, 4) is 0 Å². The molecule has 2 aliphatic rings. The molecule has 2 aliphatic heterocycles. The van der Waals surface area contributed by atoms with Crippen molar-refractivity contribution in [1.82, 2.24) is 10.2 Å². The van der Waals surface area contributed by atoms with Gasteiger partial charge in [-0.25, -0.2) is 0 Å². The van der Waals surface area contributed by atoms with Crippen LogP contribution in [-0.4, -0.2) is 49.8 Å². The first kappa shape index (κ1) is 8.48. The zero-order chi connectivity index (χ0) is 8.60. The van der Waals surface area contributed by atoms with Crippen LogP contribution in [0.5, 0.6) is 0 Å². The van der Waals surface area contributed by atoms with E-state index in [-0.39, 0.29) is 5.54 Å². The number of likely N-dealkylation sites (N-methyl/N-ethyl adjacent to an activating group) is 1. The number of nitrogens with one attached hydrogen (secondary N) is 1. The van der Waals surface area contributed by atoms with Crippen LogP contribution in [-0.2, 0) is 4.74 Å². The van der Waals surface area contributed by atoms with E-state index in [1.165, 1.54) is 19.5 Å². The third kappa shape index (κ3) is 1.63. The predicted octanol–water partition coefficient (Wildman–Crippen LogP) is 0.0690. The monoisotopic (exact) mass is 170 g/mol. The first-order chi connectivity index (χ1) is 5.68. The highest BCUT2D eigenvalue weighted by Gasteiger charge is 2.36. The quantitative estimate of drug-likeness (QED) is 0.634. The van der Waals surface area contributed by atoms with Crippen LogP contribution >= 0.6 is 0 Å². The highest BCUT2D eigenvalue weighted by molar-refractivity contribution is 4.94. The summed E-state index contributed by atoms with van der Waals surface area (Å²) in [7, 11) is 2.18. The minimum Gasteiger partial charge on any atom is -0.377 e. The second-order valence-electron chi connectivity index (χ2n) is 4.45. The minimum absolute atomic E-state index is 0.274. The fraction of sp³-hybridized carbons (Fsp3) is 1.00. The smallest absolute Gasteiger partial charge is 0.0669 e. The molecule has 2 rings (SSSR count). The van der Waals surface area contributed by atoms with Crippen molar-refractivity contribution in [3.63, 3.8) is 0 Å². The number of nitrogens with zero attached hydrogens (tertiary/aromatic N) is 1. The standard InChI is InChI=1S/C9H18N2O/c1-9(6-12-7-9)10-8-3-4-11(2)5-8/h8,10H,3-7H2,1-2H3/t8-/m1/s1. The summed E-state index contributed by atoms with van der Waals surface area (Å²) in [6.07, 6.45) is 1.28. The molecule has 1 N–H and O–H groups in total. The molecule has 1 atom stereocenters. The fourth-order valence-electron chi connectivity index (χ4n) is 2.04. The first-order valence-electron chi connectivity index (χ1n) is 4.72. The highest BCUT2D eigenvalue weighted by Crippen LogP contribution is 2.19.